The molecule has 4 heteroatoms. The molecule has 30 heavy (non-hydrogen) atoms. The summed E-state index contributed by atoms with van der Waals surface area (Å²) in [5.41, 5.74) is 4.05. The van der Waals surface area contributed by atoms with E-state index in [0.717, 1.165) is 23.2 Å². The number of aryl methyl sites for hydroxylation is 1. The Labute approximate surface area is 181 Å². The SMILES string of the molecule is Cc1ccc(C2Nc3c(C(=O)NC(C)c4ccccc4)cccc3C3C=CCC32)s1. The summed E-state index contributed by atoms with van der Waals surface area (Å²) in [6.07, 6.45) is 5.69. The molecule has 4 unspecified atom stereocenters. The van der Waals surface area contributed by atoms with E-state index < -0.39 is 0 Å². The van der Waals surface area contributed by atoms with Crippen LogP contribution in [0.5, 0.6) is 0 Å². The number of hydrogen-bond acceptors (Lipinski definition) is 3. The third-order valence-electron chi connectivity index (χ3n) is 6.36. The van der Waals surface area contributed by atoms with Gasteiger partial charge in [-0.2, -0.15) is 0 Å². The number of hydrogen-bond donors (Lipinski definition) is 2. The van der Waals surface area contributed by atoms with Crippen molar-refractivity contribution in [2.24, 2.45) is 5.92 Å². The highest BCUT2D eigenvalue weighted by Crippen LogP contribution is 2.51. The first-order chi connectivity index (χ1) is 14.6. The van der Waals surface area contributed by atoms with Gasteiger partial charge >= 0.3 is 0 Å². The smallest absolute Gasteiger partial charge is 0.253 e. The normalized spacial score (nSPS) is 22.7. The largest absolute Gasteiger partial charge is 0.376 e. The molecular weight excluding hydrogens is 388 g/mol. The van der Waals surface area contributed by atoms with Crippen LogP contribution >= 0.6 is 11.3 Å². The molecule has 2 aromatic carbocycles. The summed E-state index contributed by atoms with van der Waals surface area (Å²) in [6.45, 7) is 4.18. The molecule has 2 aliphatic rings. The molecule has 0 radical (unpaired) electrons. The number of carbonyl (C=O) groups is 1. The van der Waals surface area contributed by atoms with E-state index in [2.05, 4.69) is 47.9 Å². The fourth-order valence-corrected chi connectivity index (χ4v) is 5.82. The molecule has 0 spiro atoms. The van der Waals surface area contributed by atoms with E-state index in [4.69, 9.17) is 0 Å². The van der Waals surface area contributed by atoms with Crippen molar-refractivity contribution in [3.8, 4) is 0 Å². The lowest BCUT2D eigenvalue weighted by molar-refractivity contribution is 0.0940. The van der Waals surface area contributed by atoms with E-state index in [0.29, 0.717) is 11.8 Å². The number of carbonyl (C=O) groups excluding carboxylic acids is 1. The monoisotopic (exact) mass is 414 g/mol. The van der Waals surface area contributed by atoms with E-state index in [1.165, 1.54) is 15.3 Å². The van der Waals surface area contributed by atoms with Gasteiger partial charge in [-0.15, -0.1) is 11.3 Å². The highest BCUT2D eigenvalue weighted by Gasteiger charge is 2.39. The minimum atomic E-state index is -0.0481. The number of thiophene rings is 1. The average Bonchev–Trinajstić information content (AvgIpc) is 3.42. The molecule has 0 fully saturated rings. The molecule has 1 aliphatic heterocycles. The lowest BCUT2D eigenvalue weighted by Gasteiger charge is -2.37. The maximum atomic E-state index is 13.3. The molecular formula is C26H26N2OS. The third kappa shape index (κ3) is 3.35. The standard InChI is InChI=1S/C26H26N2OS/c1-16-14-15-23(30-16)25-21-12-6-10-19(21)20-11-7-13-22(24(20)28-25)26(29)27-17(2)18-8-4-3-5-9-18/h3-11,13-15,17,19,21,25,28H,12H2,1-2H3,(H,27,29). The summed E-state index contributed by atoms with van der Waals surface area (Å²) in [5.74, 6) is 0.822. The molecule has 0 saturated heterocycles. The summed E-state index contributed by atoms with van der Waals surface area (Å²) in [6, 6.07) is 20.8. The highest BCUT2D eigenvalue weighted by atomic mass is 32.1. The van der Waals surface area contributed by atoms with Crippen LogP contribution in [0.1, 0.15) is 62.6 Å². The minimum absolute atomic E-state index is 0.0303. The van der Waals surface area contributed by atoms with Crippen LogP contribution in [0.3, 0.4) is 0 Å². The van der Waals surface area contributed by atoms with Gasteiger partial charge in [-0.1, -0.05) is 54.6 Å². The lowest BCUT2D eigenvalue weighted by atomic mass is 9.78. The van der Waals surface area contributed by atoms with Gasteiger partial charge in [-0.3, -0.25) is 4.79 Å². The van der Waals surface area contributed by atoms with Crippen molar-refractivity contribution in [1.29, 1.82) is 0 Å². The van der Waals surface area contributed by atoms with Crippen LogP contribution in [0.4, 0.5) is 5.69 Å². The number of rotatable bonds is 4. The molecule has 0 saturated carbocycles. The average molecular weight is 415 g/mol. The maximum absolute atomic E-state index is 13.3. The van der Waals surface area contributed by atoms with Crippen molar-refractivity contribution in [2.45, 2.75) is 38.3 Å². The number of benzene rings is 2. The number of anilines is 1. The topological polar surface area (TPSA) is 41.1 Å². The summed E-state index contributed by atoms with van der Waals surface area (Å²) in [7, 11) is 0. The molecule has 0 bridgehead atoms. The Morgan fingerprint density at radius 2 is 1.93 bits per heavy atom. The van der Waals surface area contributed by atoms with E-state index in [1.807, 2.05) is 60.7 Å². The van der Waals surface area contributed by atoms with Crippen molar-refractivity contribution in [3.05, 3.63) is 99.3 Å². The van der Waals surface area contributed by atoms with Crippen molar-refractivity contribution < 1.29 is 4.79 Å². The first-order valence-electron chi connectivity index (χ1n) is 10.6. The minimum Gasteiger partial charge on any atom is -0.376 e. The Kier molecular flexibility index (Phi) is 4.95. The fraction of sp³-hybridized carbons (Fsp3) is 0.269. The van der Waals surface area contributed by atoms with Crippen molar-refractivity contribution in [2.75, 3.05) is 5.32 Å². The Morgan fingerprint density at radius 1 is 1.10 bits per heavy atom. The van der Waals surface area contributed by atoms with Crippen LogP contribution in [0.2, 0.25) is 0 Å². The van der Waals surface area contributed by atoms with Gasteiger partial charge in [0.2, 0.25) is 0 Å². The first kappa shape index (κ1) is 19.1. The highest BCUT2D eigenvalue weighted by molar-refractivity contribution is 7.12. The van der Waals surface area contributed by atoms with Gasteiger partial charge in [0.05, 0.1) is 23.3 Å². The molecule has 152 valence electrons. The van der Waals surface area contributed by atoms with Gasteiger partial charge in [0.1, 0.15) is 0 Å². The number of para-hydroxylation sites is 1. The summed E-state index contributed by atoms with van der Waals surface area (Å²) < 4.78 is 0. The van der Waals surface area contributed by atoms with Crippen molar-refractivity contribution >= 4 is 22.9 Å². The van der Waals surface area contributed by atoms with Crippen LogP contribution < -0.4 is 10.6 Å². The number of nitrogens with one attached hydrogen (secondary N) is 2. The fourth-order valence-electron chi connectivity index (χ4n) is 4.81. The van der Waals surface area contributed by atoms with Gasteiger partial charge in [0.25, 0.3) is 5.91 Å². The van der Waals surface area contributed by atoms with E-state index in [9.17, 15) is 4.79 Å². The number of allylic oxidation sites excluding steroid dienone is 2. The second kappa shape index (κ2) is 7.77. The Hall–Kier alpha value is -2.85. The van der Waals surface area contributed by atoms with Gasteiger partial charge in [-0.05, 0) is 55.5 Å². The molecule has 3 aromatic rings. The zero-order valence-electron chi connectivity index (χ0n) is 17.3. The predicted molar refractivity (Wildman–Crippen MR) is 124 cm³/mol. The molecule has 5 rings (SSSR count). The second-order valence-electron chi connectivity index (χ2n) is 8.30. The second-order valence-corrected chi connectivity index (χ2v) is 9.62. The van der Waals surface area contributed by atoms with Crippen LogP contribution in [-0.4, -0.2) is 5.91 Å². The third-order valence-corrected chi connectivity index (χ3v) is 7.44. The van der Waals surface area contributed by atoms with Gasteiger partial charge in [-0.25, -0.2) is 0 Å². The zero-order valence-corrected chi connectivity index (χ0v) is 18.1. The number of fused-ring (bicyclic) bond motifs is 3. The van der Waals surface area contributed by atoms with Gasteiger partial charge in [0.15, 0.2) is 0 Å². The van der Waals surface area contributed by atoms with Crippen LogP contribution in [-0.2, 0) is 0 Å². The van der Waals surface area contributed by atoms with Crippen LogP contribution in [0.15, 0.2) is 72.8 Å². The molecule has 2 N–H and O–H groups in total. The quantitative estimate of drug-likeness (QED) is 0.487. The number of amides is 1. The molecule has 1 aromatic heterocycles. The van der Waals surface area contributed by atoms with E-state index in [1.54, 1.807) is 0 Å². The van der Waals surface area contributed by atoms with E-state index >= 15 is 0 Å². The Bertz CT molecular complexity index is 1100. The summed E-state index contributed by atoms with van der Waals surface area (Å²) in [5, 5.41) is 6.96. The van der Waals surface area contributed by atoms with Crippen LogP contribution in [0, 0.1) is 12.8 Å². The molecule has 3 nitrogen and oxygen atoms in total. The van der Waals surface area contributed by atoms with Gasteiger partial charge in [0, 0.05) is 15.7 Å². The Morgan fingerprint density at radius 3 is 2.70 bits per heavy atom. The predicted octanol–water partition coefficient (Wildman–Crippen LogP) is 6.37. The van der Waals surface area contributed by atoms with Crippen molar-refractivity contribution in [1.82, 2.24) is 5.32 Å². The summed E-state index contributed by atoms with van der Waals surface area (Å²) in [4.78, 5) is 15.9. The molecule has 4 atom stereocenters. The molecule has 1 aliphatic carbocycles. The first-order valence-corrected chi connectivity index (χ1v) is 11.4. The Balaban J connectivity index is 1.48. The van der Waals surface area contributed by atoms with E-state index in [-0.39, 0.29) is 18.0 Å². The van der Waals surface area contributed by atoms with Gasteiger partial charge < -0.3 is 10.6 Å². The van der Waals surface area contributed by atoms with Crippen molar-refractivity contribution in [3.63, 3.8) is 0 Å². The maximum Gasteiger partial charge on any atom is 0.253 e. The lowest BCUT2D eigenvalue weighted by Crippen LogP contribution is -2.32. The van der Waals surface area contributed by atoms with Crippen LogP contribution in [0.25, 0.3) is 0 Å². The zero-order chi connectivity index (χ0) is 20.7. The molecule has 2 heterocycles. The summed E-state index contributed by atoms with van der Waals surface area (Å²) >= 11 is 1.85. The molecule has 1 amide bonds.